The van der Waals surface area contributed by atoms with Crippen molar-refractivity contribution >= 4 is 17.8 Å². The molecule has 1 saturated carbocycles. The summed E-state index contributed by atoms with van der Waals surface area (Å²) in [5.74, 6) is -2.88. The predicted molar refractivity (Wildman–Crippen MR) is 83.9 cm³/mol. The zero-order valence-corrected chi connectivity index (χ0v) is 13.0. The van der Waals surface area contributed by atoms with Gasteiger partial charge in [-0.1, -0.05) is 12.7 Å². The van der Waals surface area contributed by atoms with Crippen LogP contribution in [-0.4, -0.2) is 31.7 Å². The van der Waals surface area contributed by atoms with E-state index in [1.165, 1.54) is 4.52 Å². The van der Waals surface area contributed by atoms with E-state index in [4.69, 9.17) is 5.11 Å². The minimum atomic E-state index is -2.66. The van der Waals surface area contributed by atoms with Crippen LogP contribution in [0.1, 0.15) is 43.0 Å². The molecule has 0 bridgehead atoms. The van der Waals surface area contributed by atoms with Gasteiger partial charge in [0.15, 0.2) is 5.65 Å². The number of hydrogen-bond donors (Lipinski definition) is 2. The van der Waals surface area contributed by atoms with E-state index in [1.807, 2.05) is 0 Å². The molecule has 0 unspecified atom stereocenters. The zero-order valence-electron chi connectivity index (χ0n) is 13.0. The minimum Gasteiger partial charge on any atom is -0.465 e. The van der Waals surface area contributed by atoms with E-state index in [9.17, 15) is 13.6 Å². The van der Waals surface area contributed by atoms with Gasteiger partial charge in [0.2, 0.25) is 5.92 Å². The molecular weight excluding hydrogens is 318 g/mol. The summed E-state index contributed by atoms with van der Waals surface area (Å²) < 4.78 is 28.3. The van der Waals surface area contributed by atoms with E-state index in [0.29, 0.717) is 11.3 Å². The highest BCUT2D eigenvalue weighted by Gasteiger charge is 2.39. The van der Waals surface area contributed by atoms with Crippen molar-refractivity contribution in [2.75, 3.05) is 0 Å². The number of aromatic nitrogens is 3. The molecule has 8 heteroatoms. The lowest BCUT2D eigenvalue weighted by molar-refractivity contribution is -0.0495. The molecule has 2 heterocycles. The Balaban J connectivity index is 1.91. The lowest BCUT2D eigenvalue weighted by Gasteiger charge is -2.32. The van der Waals surface area contributed by atoms with Crippen LogP contribution in [0.15, 0.2) is 25.0 Å². The van der Waals surface area contributed by atoms with Crippen molar-refractivity contribution in [3.8, 4) is 0 Å². The second-order valence-corrected chi connectivity index (χ2v) is 6.08. The van der Waals surface area contributed by atoms with Crippen molar-refractivity contribution in [1.29, 1.82) is 0 Å². The predicted octanol–water partition coefficient (Wildman–Crippen LogP) is 3.51. The van der Waals surface area contributed by atoms with E-state index in [-0.39, 0.29) is 31.6 Å². The van der Waals surface area contributed by atoms with Gasteiger partial charge in [-0.15, -0.1) is 0 Å². The van der Waals surface area contributed by atoms with Gasteiger partial charge >= 0.3 is 6.09 Å². The monoisotopic (exact) mass is 336 g/mol. The molecule has 2 aromatic heterocycles. The van der Waals surface area contributed by atoms with Crippen LogP contribution in [0.4, 0.5) is 13.6 Å². The van der Waals surface area contributed by atoms with E-state index in [2.05, 4.69) is 22.0 Å². The van der Waals surface area contributed by atoms with E-state index >= 15 is 0 Å². The smallest absolute Gasteiger partial charge is 0.405 e. The van der Waals surface area contributed by atoms with Crippen LogP contribution in [0.5, 0.6) is 0 Å². The lowest BCUT2D eigenvalue weighted by atomic mass is 9.81. The summed E-state index contributed by atoms with van der Waals surface area (Å²) in [6.45, 7) is 3.67. The Morgan fingerprint density at radius 3 is 2.83 bits per heavy atom. The number of alkyl halides is 2. The number of carbonyl (C=O) groups is 1. The molecule has 128 valence electrons. The van der Waals surface area contributed by atoms with Gasteiger partial charge in [-0.25, -0.2) is 23.1 Å². The fourth-order valence-electron chi connectivity index (χ4n) is 3.13. The third-order valence-corrected chi connectivity index (χ3v) is 4.43. The highest BCUT2D eigenvalue weighted by molar-refractivity contribution is 5.65. The molecule has 0 radical (unpaired) electrons. The normalized spacial score (nSPS) is 19.1. The molecule has 2 aromatic rings. The van der Waals surface area contributed by atoms with Gasteiger partial charge < -0.3 is 10.4 Å². The molecule has 6 nitrogen and oxygen atoms in total. The molecular formula is C16H18F2N4O2. The first-order valence-corrected chi connectivity index (χ1v) is 7.73. The van der Waals surface area contributed by atoms with Crippen molar-refractivity contribution < 1.29 is 18.7 Å². The first-order valence-electron chi connectivity index (χ1n) is 7.73. The molecule has 1 amide bonds. The maximum absolute atomic E-state index is 13.4. The number of halogens is 2. The lowest BCUT2D eigenvalue weighted by Crippen LogP contribution is -2.36. The Morgan fingerprint density at radius 1 is 1.50 bits per heavy atom. The number of fused-ring (bicyclic) bond motifs is 1. The van der Waals surface area contributed by atoms with E-state index < -0.39 is 18.1 Å². The molecule has 1 aliphatic carbocycles. The molecule has 24 heavy (non-hydrogen) atoms. The van der Waals surface area contributed by atoms with Gasteiger partial charge in [0, 0.05) is 12.8 Å². The van der Waals surface area contributed by atoms with Gasteiger partial charge in [0.25, 0.3) is 0 Å². The van der Waals surface area contributed by atoms with Crippen molar-refractivity contribution in [3.63, 3.8) is 0 Å². The summed E-state index contributed by atoms with van der Waals surface area (Å²) in [7, 11) is 0. The number of rotatable bonds is 4. The molecule has 2 N–H and O–H groups in total. The Kier molecular flexibility index (Phi) is 4.21. The summed E-state index contributed by atoms with van der Waals surface area (Å²) in [6.07, 6.45) is 3.71. The van der Waals surface area contributed by atoms with Crippen LogP contribution in [-0.2, 0) is 0 Å². The molecule has 0 aliphatic heterocycles. The molecule has 0 aromatic carbocycles. The largest absolute Gasteiger partial charge is 0.465 e. The fraction of sp³-hybridized carbons (Fsp3) is 0.438. The SMILES string of the molecule is C=Cc1cnn2cc([C@@H](NC(=O)O)C3CCC(F)(F)CC3)nc2c1. The Hall–Kier alpha value is -2.51. The maximum Gasteiger partial charge on any atom is 0.405 e. The van der Waals surface area contributed by atoms with E-state index in [1.54, 1.807) is 24.5 Å². The molecule has 3 rings (SSSR count). The highest BCUT2D eigenvalue weighted by atomic mass is 19.3. The summed E-state index contributed by atoms with van der Waals surface area (Å²) >= 11 is 0. The van der Waals surface area contributed by atoms with Gasteiger partial charge in [0.05, 0.1) is 24.1 Å². The topological polar surface area (TPSA) is 79.5 Å². The summed E-state index contributed by atoms with van der Waals surface area (Å²) in [5, 5.41) is 15.7. The summed E-state index contributed by atoms with van der Waals surface area (Å²) in [5.41, 5.74) is 1.83. The van der Waals surface area contributed by atoms with Crippen molar-refractivity contribution in [1.82, 2.24) is 19.9 Å². The number of imidazole rings is 1. The summed E-state index contributed by atoms with van der Waals surface area (Å²) in [4.78, 5) is 15.6. The second kappa shape index (κ2) is 6.18. The van der Waals surface area contributed by atoms with Crippen LogP contribution in [0.25, 0.3) is 11.7 Å². The highest BCUT2D eigenvalue weighted by Crippen LogP contribution is 2.41. The average molecular weight is 336 g/mol. The zero-order chi connectivity index (χ0) is 17.3. The Bertz CT molecular complexity index is 765. The van der Waals surface area contributed by atoms with Gasteiger partial charge in [-0.3, -0.25) is 0 Å². The van der Waals surface area contributed by atoms with Gasteiger partial charge in [-0.05, 0) is 30.4 Å². The Labute approximate surface area is 137 Å². The first kappa shape index (κ1) is 16.4. The number of hydrogen-bond acceptors (Lipinski definition) is 3. The third-order valence-electron chi connectivity index (χ3n) is 4.43. The van der Waals surface area contributed by atoms with Crippen molar-refractivity contribution in [2.24, 2.45) is 5.92 Å². The van der Waals surface area contributed by atoms with Crippen LogP contribution in [0.3, 0.4) is 0 Å². The number of amides is 1. The van der Waals surface area contributed by atoms with E-state index in [0.717, 1.165) is 5.56 Å². The molecule has 0 spiro atoms. The van der Waals surface area contributed by atoms with Crippen molar-refractivity contribution in [3.05, 3.63) is 36.3 Å². The number of nitrogens with one attached hydrogen (secondary N) is 1. The maximum atomic E-state index is 13.4. The van der Waals surface area contributed by atoms with Crippen LogP contribution in [0, 0.1) is 5.92 Å². The van der Waals surface area contributed by atoms with Crippen LogP contribution >= 0.6 is 0 Å². The Morgan fingerprint density at radius 2 is 2.21 bits per heavy atom. The number of carboxylic acid groups (broad SMARTS) is 1. The average Bonchev–Trinajstić information content (AvgIpc) is 2.95. The molecule has 1 fully saturated rings. The van der Waals surface area contributed by atoms with Crippen LogP contribution < -0.4 is 5.32 Å². The van der Waals surface area contributed by atoms with Gasteiger partial charge in [0.1, 0.15) is 0 Å². The first-order chi connectivity index (χ1) is 11.4. The summed E-state index contributed by atoms with van der Waals surface area (Å²) in [6, 6.07) is 1.14. The second-order valence-electron chi connectivity index (χ2n) is 6.08. The number of nitrogens with zero attached hydrogens (tertiary/aromatic N) is 3. The quantitative estimate of drug-likeness (QED) is 0.895. The molecule has 1 aliphatic rings. The van der Waals surface area contributed by atoms with Crippen molar-refractivity contribution in [2.45, 2.75) is 37.6 Å². The van der Waals surface area contributed by atoms with Gasteiger partial charge in [-0.2, -0.15) is 5.10 Å². The molecule has 0 saturated heterocycles. The molecule has 1 atom stereocenters. The van der Waals surface area contributed by atoms with Crippen LogP contribution in [0.2, 0.25) is 0 Å². The fourth-order valence-corrected chi connectivity index (χ4v) is 3.13. The minimum absolute atomic E-state index is 0.218. The third kappa shape index (κ3) is 3.37. The standard InChI is InChI=1S/C16H18F2N4O2/c1-2-10-7-13-20-12(9-22(13)19-8-10)14(21-15(23)24)11-3-5-16(17,18)6-4-11/h2,7-9,11,14,21H,1,3-6H2,(H,23,24)/t14-/m0/s1.